The molecule has 2 aromatic rings. The van der Waals surface area contributed by atoms with Crippen LogP contribution in [0.2, 0.25) is 5.02 Å². The van der Waals surface area contributed by atoms with Gasteiger partial charge in [0.25, 0.3) is 5.91 Å². The van der Waals surface area contributed by atoms with Crippen molar-refractivity contribution in [3.8, 4) is 5.75 Å². The average molecular weight is 324 g/mol. The summed E-state index contributed by atoms with van der Waals surface area (Å²) < 4.78 is 32.1. The molecule has 114 valence electrons. The summed E-state index contributed by atoms with van der Waals surface area (Å²) in [5.41, 5.74) is 0.547. The average Bonchev–Trinajstić information content (AvgIpc) is 2.47. The van der Waals surface area contributed by atoms with E-state index in [0.717, 1.165) is 17.7 Å². The van der Waals surface area contributed by atoms with Gasteiger partial charge in [-0.1, -0.05) is 11.6 Å². The monoisotopic (exact) mass is 323 g/mol. The molecule has 3 nitrogen and oxygen atoms in total. The van der Waals surface area contributed by atoms with E-state index in [1.54, 1.807) is 18.2 Å². The normalized spacial score (nSPS) is 16.6. The molecule has 0 aromatic heterocycles. The van der Waals surface area contributed by atoms with Crippen molar-refractivity contribution < 1.29 is 18.3 Å². The smallest absolute Gasteiger partial charge is 0.254 e. The van der Waals surface area contributed by atoms with Crippen LogP contribution in [0.25, 0.3) is 0 Å². The number of rotatable bonds is 2. The Morgan fingerprint density at radius 1 is 1.23 bits per heavy atom. The lowest BCUT2D eigenvalue weighted by molar-refractivity contribution is 0.0920. The van der Waals surface area contributed by atoms with Crippen LogP contribution in [0.4, 0.5) is 8.78 Å². The van der Waals surface area contributed by atoms with Crippen LogP contribution >= 0.6 is 11.6 Å². The Morgan fingerprint density at radius 2 is 2.05 bits per heavy atom. The first-order valence-electron chi connectivity index (χ1n) is 6.73. The molecule has 1 atom stereocenters. The molecule has 0 fully saturated rings. The number of carbonyl (C=O) groups excluding carboxylic acids is 1. The lowest BCUT2D eigenvalue weighted by Gasteiger charge is -2.27. The third-order valence-electron chi connectivity index (χ3n) is 3.49. The van der Waals surface area contributed by atoms with Gasteiger partial charge in [-0.3, -0.25) is 4.79 Å². The maximum atomic E-state index is 13.7. The van der Waals surface area contributed by atoms with Gasteiger partial charge in [0.15, 0.2) is 0 Å². The fraction of sp³-hybridized carbons (Fsp3) is 0.188. The number of nitrogens with one attached hydrogen (secondary N) is 1. The van der Waals surface area contributed by atoms with Gasteiger partial charge >= 0.3 is 0 Å². The van der Waals surface area contributed by atoms with E-state index in [4.69, 9.17) is 16.3 Å². The highest BCUT2D eigenvalue weighted by atomic mass is 35.5. The van der Waals surface area contributed by atoms with Gasteiger partial charge in [0.05, 0.1) is 18.2 Å². The second kappa shape index (κ2) is 5.93. The Morgan fingerprint density at radius 3 is 2.82 bits per heavy atom. The zero-order valence-corrected chi connectivity index (χ0v) is 12.2. The number of fused-ring (bicyclic) bond motifs is 1. The van der Waals surface area contributed by atoms with Crippen LogP contribution in [0.5, 0.6) is 5.75 Å². The highest BCUT2D eigenvalue weighted by Gasteiger charge is 2.24. The van der Waals surface area contributed by atoms with E-state index in [1.807, 2.05) is 0 Å². The highest BCUT2D eigenvalue weighted by Crippen LogP contribution is 2.34. The predicted molar refractivity (Wildman–Crippen MR) is 78.1 cm³/mol. The topological polar surface area (TPSA) is 38.3 Å². The second-order valence-electron chi connectivity index (χ2n) is 4.97. The minimum absolute atomic E-state index is 0.198. The van der Waals surface area contributed by atoms with Crippen molar-refractivity contribution in [1.82, 2.24) is 5.32 Å². The molecule has 22 heavy (non-hydrogen) atoms. The summed E-state index contributed by atoms with van der Waals surface area (Å²) in [6.07, 6.45) is 0.544. The summed E-state index contributed by atoms with van der Waals surface area (Å²) in [5, 5.41) is 3.26. The molecule has 0 bridgehead atoms. The van der Waals surface area contributed by atoms with Crippen molar-refractivity contribution >= 4 is 17.5 Å². The zero-order chi connectivity index (χ0) is 15.7. The summed E-state index contributed by atoms with van der Waals surface area (Å²) in [6, 6.07) is 7.66. The Kier molecular flexibility index (Phi) is 3.98. The fourth-order valence-corrected chi connectivity index (χ4v) is 2.61. The summed E-state index contributed by atoms with van der Waals surface area (Å²) in [7, 11) is 0. The van der Waals surface area contributed by atoms with Crippen molar-refractivity contribution in [1.29, 1.82) is 0 Å². The maximum absolute atomic E-state index is 13.7. The van der Waals surface area contributed by atoms with Crippen LogP contribution in [0, 0.1) is 11.6 Å². The van der Waals surface area contributed by atoms with E-state index in [0.29, 0.717) is 29.9 Å². The van der Waals surface area contributed by atoms with Crippen molar-refractivity contribution in [3.05, 3.63) is 64.2 Å². The standard InChI is InChI=1S/C16H12ClF2NO2/c17-9-1-4-15-12(7-9)14(5-6-22-15)20-16(21)11-3-2-10(18)8-13(11)19/h1-4,7-8,14H,5-6H2,(H,20,21). The first-order valence-corrected chi connectivity index (χ1v) is 7.10. The Labute approximate surface area is 130 Å². The van der Waals surface area contributed by atoms with Gasteiger partial charge in [-0.25, -0.2) is 8.78 Å². The van der Waals surface area contributed by atoms with Crippen molar-refractivity contribution in [2.45, 2.75) is 12.5 Å². The minimum atomic E-state index is -0.893. The van der Waals surface area contributed by atoms with Crippen molar-refractivity contribution in [2.75, 3.05) is 6.61 Å². The van der Waals surface area contributed by atoms with E-state index in [1.165, 1.54) is 0 Å². The summed E-state index contributed by atoms with van der Waals surface area (Å²) in [6.45, 7) is 0.436. The maximum Gasteiger partial charge on any atom is 0.254 e. The van der Waals surface area contributed by atoms with Crippen LogP contribution in [-0.4, -0.2) is 12.5 Å². The molecular formula is C16H12ClF2NO2. The van der Waals surface area contributed by atoms with Crippen LogP contribution in [0.3, 0.4) is 0 Å². The highest BCUT2D eigenvalue weighted by molar-refractivity contribution is 6.30. The van der Waals surface area contributed by atoms with E-state index in [-0.39, 0.29) is 11.6 Å². The SMILES string of the molecule is O=C(NC1CCOc2ccc(Cl)cc21)c1ccc(F)cc1F. The molecule has 0 radical (unpaired) electrons. The summed E-state index contributed by atoms with van der Waals surface area (Å²) in [4.78, 5) is 12.2. The molecule has 1 aliphatic rings. The van der Waals surface area contributed by atoms with Gasteiger partial charge in [-0.05, 0) is 30.3 Å². The van der Waals surface area contributed by atoms with E-state index >= 15 is 0 Å². The molecule has 0 aliphatic carbocycles. The third-order valence-corrected chi connectivity index (χ3v) is 3.73. The second-order valence-corrected chi connectivity index (χ2v) is 5.41. The molecule has 1 aliphatic heterocycles. The van der Waals surface area contributed by atoms with E-state index in [2.05, 4.69) is 5.32 Å². The first-order chi connectivity index (χ1) is 10.5. The molecule has 1 heterocycles. The molecule has 0 saturated carbocycles. The van der Waals surface area contributed by atoms with E-state index in [9.17, 15) is 13.6 Å². The van der Waals surface area contributed by atoms with Gasteiger partial charge in [0.2, 0.25) is 0 Å². The molecular weight excluding hydrogens is 312 g/mol. The van der Waals surface area contributed by atoms with E-state index < -0.39 is 17.5 Å². The van der Waals surface area contributed by atoms with Crippen molar-refractivity contribution in [2.24, 2.45) is 0 Å². The molecule has 3 rings (SSSR count). The Bertz CT molecular complexity index is 736. The van der Waals surface area contributed by atoms with Gasteiger partial charge < -0.3 is 10.1 Å². The quantitative estimate of drug-likeness (QED) is 0.911. The predicted octanol–water partition coefficient (Wildman–Crippen LogP) is 3.87. The molecule has 1 unspecified atom stereocenters. The first kappa shape index (κ1) is 14.8. The largest absolute Gasteiger partial charge is 0.493 e. The third kappa shape index (κ3) is 2.90. The number of hydrogen-bond acceptors (Lipinski definition) is 2. The molecule has 0 saturated heterocycles. The van der Waals surface area contributed by atoms with Gasteiger partial charge in [0.1, 0.15) is 17.4 Å². The zero-order valence-electron chi connectivity index (χ0n) is 11.4. The van der Waals surface area contributed by atoms with Crippen LogP contribution in [0.1, 0.15) is 28.4 Å². The molecule has 6 heteroatoms. The number of hydrogen-bond donors (Lipinski definition) is 1. The fourth-order valence-electron chi connectivity index (χ4n) is 2.42. The molecule has 2 aromatic carbocycles. The Balaban J connectivity index is 1.85. The van der Waals surface area contributed by atoms with Gasteiger partial charge in [0, 0.05) is 23.1 Å². The number of carbonyl (C=O) groups is 1. The van der Waals surface area contributed by atoms with Crippen LogP contribution in [0.15, 0.2) is 36.4 Å². The number of benzene rings is 2. The number of halogens is 3. The Hall–Kier alpha value is -2.14. The number of amides is 1. The van der Waals surface area contributed by atoms with Gasteiger partial charge in [-0.2, -0.15) is 0 Å². The number of ether oxygens (including phenoxy) is 1. The molecule has 1 N–H and O–H groups in total. The lowest BCUT2D eigenvalue weighted by Crippen LogP contribution is -2.32. The molecule has 1 amide bonds. The summed E-state index contributed by atoms with van der Waals surface area (Å²) >= 11 is 5.97. The van der Waals surface area contributed by atoms with Crippen molar-refractivity contribution in [3.63, 3.8) is 0 Å². The summed E-state index contributed by atoms with van der Waals surface area (Å²) in [5.74, 6) is -1.58. The van der Waals surface area contributed by atoms with Gasteiger partial charge in [-0.15, -0.1) is 0 Å². The van der Waals surface area contributed by atoms with Crippen LogP contribution in [-0.2, 0) is 0 Å². The minimum Gasteiger partial charge on any atom is -0.493 e. The molecule has 0 spiro atoms. The van der Waals surface area contributed by atoms with Crippen LogP contribution < -0.4 is 10.1 Å². The lowest BCUT2D eigenvalue weighted by atomic mass is 10.00.